The lowest BCUT2D eigenvalue weighted by Gasteiger charge is -2.29. The molecule has 1 atom stereocenters. The van der Waals surface area contributed by atoms with Gasteiger partial charge in [-0.05, 0) is 19.8 Å². The Kier molecular flexibility index (Phi) is 5.48. The molecule has 1 aromatic rings. The Balaban J connectivity index is 2.94. The molecule has 96 valence electrons. The maximum absolute atomic E-state index is 5.92. The average molecular weight is 257 g/mol. The summed E-state index contributed by atoms with van der Waals surface area (Å²) in [6.45, 7) is 7.49. The lowest BCUT2D eigenvalue weighted by Crippen LogP contribution is -2.34. The Bertz CT molecular complexity index is 336. The van der Waals surface area contributed by atoms with Crippen LogP contribution >= 0.6 is 11.6 Å². The van der Waals surface area contributed by atoms with Crippen molar-refractivity contribution < 1.29 is 0 Å². The molecule has 0 aliphatic heterocycles. The molecular formula is C12H21ClN4. The summed E-state index contributed by atoms with van der Waals surface area (Å²) in [6.07, 6.45) is 3.35. The Morgan fingerprint density at radius 2 is 2.12 bits per heavy atom. The first-order valence-electron chi connectivity index (χ1n) is 6.15. The zero-order valence-electron chi connectivity index (χ0n) is 10.8. The summed E-state index contributed by atoms with van der Waals surface area (Å²) in [4.78, 5) is 10.4. The number of hydrogen-bond donors (Lipinski definition) is 1. The van der Waals surface area contributed by atoms with Gasteiger partial charge in [-0.15, -0.1) is 0 Å². The molecule has 2 N–H and O–H groups in total. The van der Waals surface area contributed by atoms with E-state index in [2.05, 4.69) is 35.6 Å². The summed E-state index contributed by atoms with van der Waals surface area (Å²) in [7, 11) is 0. The minimum Gasteiger partial charge on any atom is -0.368 e. The Morgan fingerprint density at radius 3 is 2.65 bits per heavy atom. The minimum atomic E-state index is 0.234. The SMILES string of the molecule is CCCCN(c1cc(Cl)nc(N)n1)C(C)CC. The molecule has 0 spiro atoms. The molecule has 17 heavy (non-hydrogen) atoms. The molecule has 0 radical (unpaired) electrons. The van der Waals surface area contributed by atoms with Crippen LogP contribution in [0.1, 0.15) is 40.0 Å². The van der Waals surface area contributed by atoms with Crippen LogP contribution in [-0.4, -0.2) is 22.6 Å². The fraction of sp³-hybridized carbons (Fsp3) is 0.667. The summed E-state index contributed by atoms with van der Waals surface area (Å²) < 4.78 is 0. The van der Waals surface area contributed by atoms with Crippen LogP contribution in [0.3, 0.4) is 0 Å². The van der Waals surface area contributed by atoms with Gasteiger partial charge in [0.05, 0.1) is 0 Å². The summed E-state index contributed by atoms with van der Waals surface area (Å²) >= 11 is 5.92. The van der Waals surface area contributed by atoms with E-state index in [1.807, 2.05) is 0 Å². The van der Waals surface area contributed by atoms with Gasteiger partial charge in [-0.3, -0.25) is 0 Å². The van der Waals surface area contributed by atoms with Crippen LogP contribution < -0.4 is 10.6 Å². The van der Waals surface area contributed by atoms with Crippen molar-refractivity contribution in [1.82, 2.24) is 9.97 Å². The standard InChI is InChI=1S/C12H21ClN4/c1-4-6-7-17(9(3)5-2)11-8-10(13)15-12(14)16-11/h8-9H,4-7H2,1-3H3,(H2,14,15,16). The quantitative estimate of drug-likeness (QED) is 0.795. The van der Waals surface area contributed by atoms with Crippen molar-refractivity contribution in [2.75, 3.05) is 17.2 Å². The predicted octanol–water partition coefficient (Wildman–Crippen LogP) is 3.12. The van der Waals surface area contributed by atoms with Crippen molar-refractivity contribution in [2.45, 2.75) is 46.1 Å². The van der Waals surface area contributed by atoms with Crippen LogP contribution in [0.4, 0.5) is 11.8 Å². The van der Waals surface area contributed by atoms with Gasteiger partial charge in [0.25, 0.3) is 0 Å². The molecule has 0 fully saturated rings. The third kappa shape index (κ3) is 4.04. The van der Waals surface area contributed by atoms with E-state index in [0.717, 1.165) is 31.6 Å². The number of nitrogens with zero attached hydrogens (tertiary/aromatic N) is 3. The molecule has 0 aliphatic rings. The number of aromatic nitrogens is 2. The highest BCUT2D eigenvalue weighted by Crippen LogP contribution is 2.20. The van der Waals surface area contributed by atoms with Gasteiger partial charge in [0.2, 0.25) is 5.95 Å². The second-order valence-electron chi connectivity index (χ2n) is 4.21. The van der Waals surface area contributed by atoms with E-state index in [4.69, 9.17) is 17.3 Å². The summed E-state index contributed by atoms with van der Waals surface area (Å²) in [5.74, 6) is 1.06. The van der Waals surface area contributed by atoms with Crippen molar-refractivity contribution in [2.24, 2.45) is 0 Å². The molecule has 0 aromatic carbocycles. The van der Waals surface area contributed by atoms with E-state index >= 15 is 0 Å². The number of hydrogen-bond acceptors (Lipinski definition) is 4. The molecule has 0 saturated carbocycles. The Labute approximate surface area is 108 Å². The fourth-order valence-corrected chi connectivity index (χ4v) is 1.86. The van der Waals surface area contributed by atoms with Crippen molar-refractivity contribution in [3.05, 3.63) is 11.2 Å². The third-order valence-corrected chi connectivity index (χ3v) is 3.06. The van der Waals surface area contributed by atoms with E-state index < -0.39 is 0 Å². The topological polar surface area (TPSA) is 55.0 Å². The lowest BCUT2D eigenvalue weighted by molar-refractivity contribution is 0.589. The first kappa shape index (κ1) is 14.0. The third-order valence-electron chi connectivity index (χ3n) is 2.87. The van der Waals surface area contributed by atoms with Crippen molar-refractivity contribution in [3.63, 3.8) is 0 Å². The van der Waals surface area contributed by atoms with Crippen LogP contribution in [-0.2, 0) is 0 Å². The number of unbranched alkanes of at least 4 members (excludes halogenated alkanes) is 1. The molecule has 1 rings (SSSR count). The molecule has 0 amide bonds. The maximum Gasteiger partial charge on any atom is 0.223 e. The molecular weight excluding hydrogens is 236 g/mol. The van der Waals surface area contributed by atoms with Crippen LogP contribution in [0.15, 0.2) is 6.07 Å². The maximum atomic E-state index is 5.92. The number of nitrogens with two attached hydrogens (primary N) is 1. The zero-order valence-corrected chi connectivity index (χ0v) is 11.5. The van der Waals surface area contributed by atoms with Gasteiger partial charge in [-0.25, -0.2) is 4.98 Å². The second-order valence-corrected chi connectivity index (χ2v) is 4.60. The molecule has 1 aromatic heterocycles. The van der Waals surface area contributed by atoms with Gasteiger partial charge >= 0.3 is 0 Å². The number of nitrogen functional groups attached to an aromatic ring is 1. The van der Waals surface area contributed by atoms with E-state index in [1.54, 1.807) is 6.07 Å². The zero-order chi connectivity index (χ0) is 12.8. The van der Waals surface area contributed by atoms with Crippen LogP contribution in [0, 0.1) is 0 Å². The molecule has 0 aliphatic carbocycles. The number of anilines is 2. The predicted molar refractivity (Wildman–Crippen MR) is 73.5 cm³/mol. The smallest absolute Gasteiger partial charge is 0.223 e. The lowest BCUT2D eigenvalue weighted by atomic mass is 10.2. The van der Waals surface area contributed by atoms with Crippen LogP contribution in [0.5, 0.6) is 0 Å². The van der Waals surface area contributed by atoms with Gasteiger partial charge in [-0.1, -0.05) is 31.9 Å². The van der Waals surface area contributed by atoms with Gasteiger partial charge in [0.15, 0.2) is 0 Å². The average Bonchev–Trinajstić information content (AvgIpc) is 2.28. The van der Waals surface area contributed by atoms with E-state index in [1.165, 1.54) is 0 Å². The molecule has 0 saturated heterocycles. The van der Waals surface area contributed by atoms with Crippen LogP contribution in [0.2, 0.25) is 5.15 Å². The van der Waals surface area contributed by atoms with E-state index in [-0.39, 0.29) is 5.95 Å². The van der Waals surface area contributed by atoms with Gasteiger partial charge < -0.3 is 10.6 Å². The number of rotatable bonds is 6. The largest absolute Gasteiger partial charge is 0.368 e. The molecule has 4 nitrogen and oxygen atoms in total. The van der Waals surface area contributed by atoms with Crippen molar-refractivity contribution in [3.8, 4) is 0 Å². The van der Waals surface area contributed by atoms with Gasteiger partial charge in [0.1, 0.15) is 11.0 Å². The second kappa shape index (κ2) is 6.64. The normalized spacial score (nSPS) is 12.5. The summed E-state index contributed by atoms with van der Waals surface area (Å²) in [5, 5.41) is 0.400. The molecule has 1 unspecified atom stereocenters. The van der Waals surface area contributed by atoms with Crippen molar-refractivity contribution in [1.29, 1.82) is 0 Å². The molecule has 5 heteroatoms. The molecule has 1 heterocycles. The first-order chi connectivity index (χ1) is 8.08. The fourth-order valence-electron chi connectivity index (χ4n) is 1.68. The highest BCUT2D eigenvalue weighted by molar-refractivity contribution is 6.29. The highest BCUT2D eigenvalue weighted by atomic mass is 35.5. The minimum absolute atomic E-state index is 0.234. The summed E-state index contributed by atoms with van der Waals surface area (Å²) in [5.41, 5.74) is 5.63. The summed E-state index contributed by atoms with van der Waals surface area (Å²) in [6, 6.07) is 2.20. The highest BCUT2D eigenvalue weighted by Gasteiger charge is 2.15. The van der Waals surface area contributed by atoms with E-state index in [9.17, 15) is 0 Å². The number of halogens is 1. The van der Waals surface area contributed by atoms with E-state index in [0.29, 0.717) is 11.2 Å². The Morgan fingerprint density at radius 1 is 1.41 bits per heavy atom. The van der Waals surface area contributed by atoms with Crippen molar-refractivity contribution >= 4 is 23.4 Å². The Hall–Kier alpha value is -1.03. The molecule has 0 bridgehead atoms. The van der Waals surface area contributed by atoms with Crippen LogP contribution in [0.25, 0.3) is 0 Å². The first-order valence-corrected chi connectivity index (χ1v) is 6.53. The van der Waals surface area contributed by atoms with Gasteiger partial charge in [0, 0.05) is 18.7 Å². The monoisotopic (exact) mass is 256 g/mol. The van der Waals surface area contributed by atoms with Gasteiger partial charge in [-0.2, -0.15) is 4.98 Å².